The van der Waals surface area contributed by atoms with Crippen LogP contribution in [0.2, 0.25) is 0 Å². The van der Waals surface area contributed by atoms with Gasteiger partial charge in [-0.05, 0) is 31.2 Å². The summed E-state index contributed by atoms with van der Waals surface area (Å²) in [5, 5.41) is 18.9. The molecule has 0 bridgehead atoms. The van der Waals surface area contributed by atoms with Crippen LogP contribution in [-0.4, -0.2) is 40.9 Å². The van der Waals surface area contributed by atoms with Crippen LogP contribution in [0.25, 0.3) is 10.9 Å². The van der Waals surface area contributed by atoms with Gasteiger partial charge in [0.15, 0.2) is 11.5 Å². The lowest BCUT2D eigenvalue weighted by Gasteiger charge is -2.17. The minimum Gasteiger partial charge on any atom is -0.493 e. The molecule has 0 aliphatic rings. The molecule has 9 heteroatoms. The van der Waals surface area contributed by atoms with Gasteiger partial charge in [-0.25, -0.2) is 13.4 Å². The van der Waals surface area contributed by atoms with Crippen molar-refractivity contribution in [2.75, 3.05) is 13.1 Å². The number of pyridine rings is 1. The Balaban J connectivity index is 1.89. The minimum absolute atomic E-state index is 0.0833. The molecular weight excluding hydrogens is 366 g/mol. The van der Waals surface area contributed by atoms with E-state index in [9.17, 15) is 13.5 Å². The van der Waals surface area contributed by atoms with Crippen LogP contribution in [-0.2, 0) is 10.0 Å². The highest BCUT2D eigenvalue weighted by Gasteiger charge is 2.21. The van der Waals surface area contributed by atoms with Gasteiger partial charge in [-0.3, -0.25) is 0 Å². The summed E-state index contributed by atoms with van der Waals surface area (Å²) in [6.07, 6.45) is 1.27. The zero-order chi connectivity index (χ0) is 19.6. The van der Waals surface area contributed by atoms with E-state index >= 15 is 0 Å². The first kappa shape index (κ1) is 19.0. The van der Waals surface area contributed by atoms with Gasteiger partial charge in [0.25, 0.3) is 0 Å². The standard InChI is InChI=1S/C18H21N5O3S/c1-4-23(5-2)27(25,26)13-7-9-16(19-11-13)21-22-17-14-10-12(3)6-8-15(14)20-18(17)24/h6-11,20,24H,4-5H2,1-3H3. The predicted octanol–water partition coefficient (Wildman–Crippen LogP) is 4.02. The highest BCUT2D eigenvalue weighted by Crippen LogP contribution is 2.36. The number of aryl methyl sites for hydroxylation is 1. The van der Waals surface area contributed by atoms with Crippen molar-refractivity contribution in [1.82, 2.24) is 14.3 Å². The molecule has 2 aromatic heterocycles. The normalized spacial score (nSPS) is 12.4. The van der Waals surface area contributed by atoms with Crippen molar-refractivity contribution in [2.24, 2.45) is 10.2 Å². The Kier molecular flexibility index (Phi) is 5.24. The molecule has 0 saturated heterocycles. The first-order valence-corrected chi connectivity index (χ1v) is 10.00. The first-order valence-electron chi connectivity index (χ1n) is 8.56. The molecule has 2 heterocycles. The second-order valence-electron chi connectivity index (χ2n) is 6.01. The Hall–Kier alpha value is -2.78. The third kappa shape index (κ3) is 3.69. The number of azo groups is 1. The number of nitrogens with zero attached hydrogens (tertiary/aromatic N) is 4. The summed E-state index contributed by atoms with van der Waals surface area (Å²) >= 11 is 0. The molecular formula is C18H21N5O3S. The van der Waals surface area contributed by atoms with Crippen molar-refractivity contribution in [2.45, 2.75) is 25.7 Å². The van der Waals surface area contributed by atoms with Crippen LogP contribution in [0.3, 0.4) is 0 Å². The third-order valence-electron chi connectivity index (χ3n) is 4.22. The van der Waals surface area contributed by atoms with Crippen molar-refractivity contribution in [3.8, 4) is 5.88 Å². The van der Waals surface area contributed by atoms with E-state index in [0.717, 1.165) is 16.5 Å². The summed E-state index contributed by atoms with van der Waals surface area (Å²) in [5.74, 6) is 0.162. The van der Waals surface area contributed by atoms with Crippen molar-refractivity contribution in [3.05, 3.63) is 42.1 Å². The molecule has 0 radical (unpaired) electrons. The van der Waals surface area contributed by atoms with Crippen LogP contribution in [0.5, 0.6) is 5.88 Å². The summed E-state index contributed by atoms with van der Waals surface area (Å²) in [5.41, 5.74) is 2.10. The molecule has 142 valence electrons. The quantitative estimate of drug-likeness (QED) is 0.622. The third-order valence-corrected chi connectivity index (χ3v) is 6.26. The monoisotopic (exact) mass is 387 g/mol. The number of sulfonamides is 1. The Morgan fingerprint density at radius 2 is 1.89 bits per heavy atom. The fraction of sp³-hybridized carbons (Fsp3) is 0.278. The zero-order valence-electron chi connectivity index (χ0n) is 15.3. The smallest absolute Gasteiger partial charge is 0.244 e. The number of aromatic amines is 1. The van der Waals surface area contributed by atoms with E-state index in [4.69, 9.17) is 0 Å². The summed E-state index contributed by atoms with van der Waals surface area (Å²) in [6, 6.07) is 8.61. The SMILES string of the molecule is CCN(CC)S(=O)(=O)c1ccc(N=Nc2c(O)[nH]c3ccc(C)cc23)nc1. The summed E-state index contributed by atoms with van der Waals surface area (Å²) in [7, 11) is -3.56. The van der Waals surface area contributed by atoms with Gasteiger partial charge in [0.1, 0.15) is 4.90 Å². The average molecular weight is 387 g/mol. The lowest BCUT2D eigenvalue weighted by molar-refractivity contribution is 0.445. The van der Waals surface area contributed by atoms with Gasteiger partial charge in [-0.2, -0.15) is 4.31 Å². The number of rotatable bonds is 6. The number of benzene rings is 1. The summed E-state index contributed by atoms with van der Waals surface area (Å²) < 4.78 is 26.3. The van der Waals surface area contributed by atoms with Gasteiger partial charge in [0.2, 0.25) is 15.9 Å². The average Bonchev–Trinajstić information content (AvgIpc) is 2.95. The van der Waals surface area contributed by atoms with Crippen LogP contribution < -0.4 is 0 Å². The molecule has 3 rings (SSSR count). The topological polar surface area (TPSA) is 111 Å². The minimum atomic E-state index is -3.56. The molecule has 0 fully saturated rings. The molecule has 0 amide bonds. The van der Waals surface area contributed by atoms with Crippen LogP contribution in [0.15, 0.2) is 51.7 Å². The second-order valence-corrected chi connectivity index (χ2v) is 7.95. The summed E-state index contributed by atoms with van der Waals surface area (Å²) in [6.45, 7) is 6.29. The molecule has 0 aliphatic carbocycles. The van der Waals surface area contributed by atoms with E-state index in [1.807, 2.05) is 25.1 Å². The molecule has 2 N–H and O–H groups in total. The number of H-pyrrole nitrogens is 1. The van der Waals surface area contributed by atoms with Gasteiger partial charge >= 0.3 is 0 Å². The first-order chi connectivity index (χ1) is 12.9. The Bertz CT molecular complexity index is 1080. The number of hydrogen-bond donors (Lipinski definition) is 2. The van der Waals surface area contributed by atoms with Crippen molar-refractivity contribution >= 4 is 32.4 Å². The fourth-order valence-electron chi connectivity index (χ4n) is 2.78. The predicted molar refractivity (Wildman–Crippen MR) is 103 cm³/mol. The van der Waals surface area contributed by atoms with E-state index in [1.165, 1.54) is 22.6 Å². The van der Waals surface area contributed by atoms with Crippen LogP contribution in [0.4, 0.5) is 11.5 Å². The van der Waals surface area contributed by atoms with Crippen LogP contribution in [0, 0.1) is 6.92 Å². The van der Waals surface area contributed by atoms with Gasteiger partial charge < -0.3 is 10.1 Å². The number of aromatic nitrogens is 2. The summed E-state index contributed by atoms with van der Waals surface area (Å²) in [4.78, 5) is 7.01. The largest absolute Gasteiger partial charge is 0.493 e. The molecule has 0 spiro atoms. The lowest BCUT2D eigenvalue weighted by Crippen LogP contribution is -2.30. The van der Waals surface area contributed by atoms with E-state index in [1.54, 1.807) is 13.8 Å². The van der Waals surface area contributed by atoms with Crippen molar-refractivity contribution in [1.29, 1.82) is 0 Å². The maximum Gasteiger partial charge on any atom is 0.244 e. The lowest BCUT2D eigenvalue weighted by atomic mass is 10.2. The number of fused-ring (bicyclic) bond motifs is 1. The van der Waals surface area contributed by atoms with Gasteiger partial charge in [-0.15, -0.1) is 10.2 Å². The highest BCUT2D eigenvalue weighted by molar-refractivity contribution is 7.89. The van der Waals surface area contributed by atoms with Crippen molar-refractivity contribution < 1.29 is 13.5 Å². The van der Waals surface area contributed by atoms with E-state index in [0.29, 0.717) is 18.8 Å². The fourth-order valence-corrected chi connectivity index (χ4v) is 4.18. The Morgan fingerprint density at radius 1 is 1.15 bits per heavy atom. The second kappa shape index (κ2) is 7.45. The highest BCUT2D eigenvalue weighted by atomic mass is 32.2. The molecule has 0 atom stereocenters. The molecule has 3 aromatic rings. The molecule has 0 aliphatic heterocycles. The molecule has 0 saturated carbocycles. The van der Waals surface area contributed by atoms with Gasteiger partial charge in [0.05, 0.1) is 5.52 Å². The van der Waals surface area contributed by atoms with E-state index in [2.05, 4.69) is 20.2 Å². The Labute approximate surface area is 157 Å². The van der Waals surface area contributed by atoms with Crippen molar-refractivity contribution in [3.63, 3.8) is 0 Å². The maximum atomic E-state index is 12.5. The Morgan fingerprint density at radius 3 is 2.52 bits per heavy atom. The van der Waals surface area contributed by atoms with Gasteiger partial charge in [-0.1, -0.05) is 25.5 Å². The van der Waals surface area contributed by atoms with Crippen LogP contribution in [0.1, 0.15) is 19.4 Å². The molecule has 1 aromatic carbocycles. The maximum absolute atomic E-state index is 12.5. The number of aromatic hydroxyl groups is 1. The van der Waals surface area contributed by atoms with E-state index in [-0.39, 0.29) is 16.6 Å². The zero-order valence-corrected chi connectivity index (χ0v) is 16.2. The van der Waals surface area contributed by atoms with E-state index < -0.39 is 10.0 Å². The number of nitrogens with one attached hydrogen (secondary N) is 1. The molecule has 27 heavy (non-hydrogen) atoms. The number of hydrogen-bond acceptors (Lipinski definition) is 6. The molecule has 0 unspecified atom stereocenters. The van der Waals surface area contributed by atoms with Gasteiger partial charge in [0, 0.05) is 24.7 Å². The van der Waals surface area contributed by atoms with Crippen LogP contribution >= 0.6 is 0 Å². The molecule has 8 nitrogen and oxygen atoms in total.